The average Bonchev–Trinajstić information content (AvgIpc) is 2.36. The smallest absolute Gasteiger partial charge is 0.229 e. The first-order chi connectivity index (χ1) is 9.09. The SMILES string of the molecule is CN(CCc1ccccc1F)C(=O)C1(CN)CCC1. The van der Waals surface area contributed by atoms with Gasteiger partial charge in [0, 0.05) is 20.1 Å². The molecule has 0 bridgehead atoms. The Balaban J connectivity index is 1.93. The summed E-state index contributed by atoms with van der Waals surface area (Å²) in [4.78, 5) is 14.0. The van der Waals surface area contributed by atoms with Crippen molar-refractivity contribution in [2.75, 3.05) is 20.1 Å². The van der Waals surface area contributed by atoms with E-state index >= 15 is 0 Å². The van der Waals surface area contributed by atoms with Crippen molar-refractivity contribution in [1.29, 1.82) is 0 Å². The zero-order valence-corrected chi connectivity index (χ0v) is 11.4. The number of halogens is 1. The van der Waals surface area contributed by atoms with E-state index in [1.54, 1.807) is 24.1 Å². The molecule has 0 atom stereocenters. The van der Waals surface area contributed by atoms with Crippen molar-refractivity contribution in [3.05, 3.63) is 35.6 Å². The van der Waals surface area contributed by atoms with Crippen LogP contribution in [0.4, 0.5) is 4.39 Å². The van der Waals surface area contributed by atoms with Crippen molar-refractivity contribution in [3.8, 4) is 0 Å². The lowest BCUT2D eigenvalue weighted by molar-refractivity contribution is -0.145. The Bertz CT molecular complexity index is 452. The monoisotopic (exact) mass is 264 g/mol. The van der Waals surface area contributed by atoms with Crippen LogP contribution in [0.1, 0.15) is 24.8 Å². The molecule has 1 aromatic rings. The lowest BCUT2D eigenvalue weighted by Crippen LogP contribution is -2.51. The van der Waals surface area contributed by atoms with Crippen LogP contribution >= 0.6 is 0 Å². The van der Waals surface area contributed by atoms with E-state index in [4.69, 9.17) is 5.73 Å². The maximum Gasteiger partial charge on any atom is 0.229 e. The molecule has 0 saturated heterocycles. The molecule has 1 aliphatic carbocycles. The average molecular weight is 264 g/mol. The van der Waals surface area contributed by atoms with E-state index in [0.717, 1.165) is 19.3 Å². The first-order valence-electron chi connectivity index (χ1n) is 6.78. The standard InChI is InChI=1S/C15H21FN2O/c1-18(14(19)15(11-17)8-4-9-15)10-7-12-5-2-3-6-13(12)16/h2-3,5-6H,4,7-11,17H2,1H3. The van der Waals surface area contributed by atoms with Crippen LogP contribution in [0.5, 0.6) is 0 Å². The lowest BCUT2D eigenvalue weighted by atomic mass is 9.68. The lowest BCUT2D eigenvalue weighted by Gasteiger charge is -2.41. The molecule has 1 fully saturated rings. The van der Waals surface area contributed by atoms with Gasteiger partial charge in [0.15, 0.2) is 0 Å². The van der Waals surface area contributed by atoms with Crippen LogP contribution in [0.15, 0.2) is 24.3 Å². The second kappa shape index (κ2) is 5.70. The van der Waals surface area contributed by atoms with Gasteiger partial charge < -0.3 is 10.6 Å². The fourth-order valence-corrected chi connectivity index (χ4v) is 2.60. The van der Waals surface area contributed by atoms with E-state index < -0.39 is 0 Å². The number of benzene rings is 1. The predicted octanol–water partition coefficient (Wildman–Crippen LogP) is 1.96. The van der Waals surface area contributed by atoms with Crippen LogP contribution in [0, 0.1) is 11.2 Å². The molecule has 0 unspecified atom stereocenters. The molecule has 1 amide bonds. The van der Waals surface area contributed by atoms with E-state index in [-0.39, 0.29) is 17.1 Å². The Labute approximate surface area is 113 Å². The second-order valence-corrected chi connectivity index (χ2v) is 5.41. The summed E-state index contributed by atoms with van der Waals surface area (Å²) in [5, 5.41) is 0. The molecule has 1 aliphatic rings. The van der Waals surface area contributed by atoms with Gasteiger partial charge in [0.25, 0.3) is 0 Å². The van der Waals surface area contributed by atoms with Gasteiger partial charge in [0.1, 0.15) is 5.82 Å². The Morgan fingerprint density at radius 2 is 2.11 bits per heavy atom. The van der Waals surface area contributed by atoms with Crippen molar-refractivity contribution >= 4 is 5.91 Å². The summed E-state index contributed by atoms with van der Waals surface area (Å²) < 4.78 is 13.5. The molecule has 0 radical (unpaired) electrons. The van der Waals surface area contributed by atoms with Gasteiger partial charge in [-0.15, -0.1) is 0 Å². The van der Waals surface area contributed by atoms with Gasteiger partial charge in [-0.05, 0) is 30.9 Å². The van der Waals surface area contributed by atoms with E-state index in [1.807, 2.05) is 6.07 Å². The Hall–Kier alpha value is -1.42. The summed E-state index contributed by atoms with van der Waals surface area (Å²) in [7, 11) is 1.78. The van der Waals surface area contributed by atoms with E-state index in [1.165, 1.54) is 6.07 Å². The summed E-state index contributed by atoms with van der Waals surface area (Å²) in [6.45, 7) is 0.942. The van der Waals surface area contributed by atoms with Gasteiger partial charge in [-0.25, -0.2) is 4.39 Å². The summed E-state index contributed by atoms with van der Waals surface area (Å²) >= 11 is 0. The van der Waals surface area contributed by atoms with Crippen molar-refractivity contribution in [2.24, 2.45) is 11.1 Å². The number of hydrogen-bond donors (Lipinski definition) is 1. The maximum atomic E-state index is 13.5. The number of carbonyl (C=O) groups is 1. The quantitative estimate of drug-likeness (QED) is 0.883. The fraction of sp³-hybridized carbons (Fsp3) is 0.533. The minimum atomic E-state index is -0.343. The van der Waals surface area contributed by atoms with Gasteiger partial charge in [-0.3, -0.25) is 4.79 Å². The van der Waals surface area contributed by atoms with Crippen LogP contribution in [0.3, 0.4) is 0 Å². The van der Waals surface area contributed by atoms with Gasteiger partial charge >= 0.3 is 0 Å². The van der Waals surface area contributed by atoms with Crippen LogP contribution in [0.2, 0.25) is 0 Å². The largest absolute Gasteiger partial charge is 0.345 e. The zero-order chi connectivity index (χ0) is 13.9. The van der Waals surface area contributed by atoms with E-state index in [2.05, 4.69) is 0 Å². The summed E-state index contributed by atoms with van der Waals surface area (Å²) in [6, 6.07) is 6.69. The molecule has 1 aromatic carbocycles. The van der Waals surface area contributed by atoms with Crippen molar-refractivity contribution in [2.45, 2.75) is 25.7 Å². The summed E-state index contributed by atoms with van der Waals surface area (Å²) in [5.74, 6) is -0.0990. The van der Waals surface area contributed by atoms with Crippen LogP contribution < -0.4 is 5.73 Å². The van der Waals surface area contributed by atoms with Crippen LogP contribution in [0.25, 0.3) is 0 Å². The van der Waals surface area contributed by atoms with Crippen molar-refractivity contribution < 1.29 is 9.18 Å². The minimum Gasteiger partial charge on any atom is -0.345 e. The van der Waals surface area contributed by atoms with Gasteiger partial charge in [0.05, 0.1) is 5.41 Å². The van der Waals surface area contributed by atoms with Gasteiger partial charge in [-0.2, -0.15) is 0 Å². The van der Waals surface area contributed by atoms with E-state index in [0.29, 0.717) is 25.1 Å². The third kappa shape index (κ3) is 2.78. The molecule has 0 aromatic heterocycles. The highest BCUT2D eigenvalue weighted by Gasteiger charge is 2.44. The molecule has 1 saturated carbocycles. The highest BCUT2D eigenvalue weighted by Crippen LogP contribution is 2.41. The molecule has 3 nitrogen and oxygen atoms in total. The molecule has 2 rings (SSSR count). The Kier molecular flexibility index (Phi) is 4.20. The number of rotatable bonds is 5. The van der Waals surface area contributed by atoms with Gasteiger partial charge in [-0.1, -0.05) is 24.6 Å². The predicted molar refractivity (Wildman–Crippen MR) is 73.1 cm³/mol. The first kappa shape index (κ1) is 14.0. The van der Waals surface area contributed by atoms with E-state index in [9.17, 15) is 9.18 Å². The molecule has 4 heteroatoms. The molecular formula is C15H21FN2O. The highest BCUT2D eigenvalue weighted by molar-refractivity contribution is 5.83. The fourth-order valence-electron chi connectivity index (χ4n) is 2.60. The van der Waals surface area contributed by atoms with Crippen LogP contribution in [-0.2, 0) is 11.2 Å². The third-order valence-corrected chi connectivity index (χ3v) is 4.18. The number of hydrogen-bond acceptors (Lipinski definition) is 2. The molecule has 0 spiro atoms. The minimum absolute atomic E-state index is 0.109. The normalized spacial score (nSPS) is 16.8. The maximum absolute atomic E-state index is 13.5. The Morgan fingerprint density at radius 1 is 1.42 bits per heavy atom. The molecule has 0 aliphatic heterocycles. The molecular weight excluding hydrogens is 243 g/mol. The van der Waals surface area contributed by atoms with Crippen molar-refractivity contribution in [1.82, 2.24) is 4.90 Å². The molecule has 2 N–H and O–H groups in total. The Morgan fingerprint density at radius 3 is 2.63 bits per heavy atom. The molecule has 19 heavy (non-hydrogen) atoms. The molecule has 0 heterocycles. The first-order valence-corrected chi connectivity index (χ1v) is 6.78. The van der Waals surface area contributed by atoms with Crippen LogP contribution in [-0.4, -0.2) is 30.9 Å². The number of amides is 1. The number of likely N-dealkylation sites (N-methyl/N-ethyl adjacent to an activating group) is 1. The zero-order valence-electron chi connectivity index (χ0n) is 11.4. The second-order valence-electron chi connectivity index (χ2n) is 5.41. The number of nitrogens with two attached hydrogens (primary N) is 1. The third-order valence-electron chi connectivity index (χ3n) is 4.18. The number of nitrogens with zero attached hydrogens (tertiary/aromatic N) is 1. The number of carbonyl (C=O) groups excluding carboxylic acids is 1. The molecule has 104 valence electrons. The van der Waals surface area contributed by atoms with Crippen molar-refractivity contribution in [3.63, 3.8) is 0 Å². The summed E-state index contributed by atoms with van der Waals surface area (Å²) in [6.07, 6.45) is 3.37. The topological polar surface area (TPSA) is 46.3 Å². The summed E-state index contributed by atoms with van der Waals surface area (Å²) in [5.41, 5.74) is 6.04. The van der Waals surface area contributed by atoms with Gasteiger partial charge in [0.2, 0.25) is 5.91 Å². The highest BCUT2D eigenvalue weighted by atomic mass is 19.1.